The van der Waals surface area contributed by atoms with E-state index in [-0.39, 0.29) is 18.1 Å². The molecule has 0 aromatic carbocycles. The molecule has 1 saturated heterocycles. The predicted molar refractivity (Wildman–Crippen MR) is 71.1 cm³/mol. The Kier molecular flexibility index (Phi) is 3.27. The van der Waals surface area contributed by atoms with Gasteiger partial charge in [0.2, 0.25) is 0 Å². The van der Waals surface area contributed by atoms with Gasteiger partial charge < -0.3 is 14.6 Å². The summed E-state index contributed by atoms with van der Waals surface area (Å²) < 4.78 is 7.50. The summed E-state index contributed by atoms with van der Waals surface area (Å²) in [6, 6.07) is 3.66. The average Bonchev–Trinajstić information content (AvgIpc) is 3.12. The molecule has 1 amide bonds. The van der Waals surface area contributed by atoms with Crippen LogP contribution in [0.4, 0.5) is 0 Å². The Hall–Kier alpha value is -2.15. The first-order valence-corrected chi connectivity index (χ1v) is 6.57. The van der Waals surface area contributed by atoms with E-state index in [1.165, 1.54) is 6.33 Å². The highest BCUT2D eigenvalue weighted by Crippen LogP contribution is 2.26. The number of aromatic nitrogens is 4. The molecule has 2 aromatic rings. The summed E-state index contributed by atoms with van der Waals surface area (Å²) in [5.74, 6) is 0.552. The highest BCUT2D eigenvalue weighted by atomic mass is 16.5. The fraction of sp³-hybridized carbons (Fsp3) is 0.462. The number of nitrogens with zero attached hydrogens (tertiary/aromatic N) is 3. The smallest absolute Gasteiger partial charge is 0.268 e. The maximum absolute atomic E-state index is 12.3. The molecular formula is C13H17N5O2. The number of aromatic amines is 1. The van der Waals surface area contributed by atoms with Crippen LogP contribution in [0.5, 0.6) is 0 Å². The Bertz CT molecular complexity index is 604. The third kappa shape index (κ3) is 2.20. The molecule has 0 unspecified atom stereocenters. The van der Waals surface area contributed by atoms with Crippen molar-refractivity contribution in [3.8, 4) is 0 Å². The number of hydrogen-bond donors (Lipinski definition) is 2. The molecule has 7 nitrogen and oxygen atoms in total. The second-order valence-corrected chi connectivity index (χ2v) is 4.95. The zero-order valence-electron chi connectivity index (χ0n) is 11.5. The van der Waals surface area contributed by atoms with Crippen LogP contribution in [0.3, 0.4) is 0 Å². The summed E-state index contributed by atoms with van der Waals surface area (Å²) in [5, 5.41) is 9.63. The lowest BCUT2D eigenvalue weighted by Gasteiger charge is -2.18. The number of H-pyrrole nitrogens is 1. The van der Waals surface area contributed by atoms with Gasteiger partial charge in [0.15, 0.2) is 5.82 Å². The minimum absolute atomic E-state index is 0.0920. The van der Waals surface area contributed by atoms with Crippen molar-refractivity contribution in [1.29, 1.82) is 0 Å². The van der Waals surface area contributed by atoms with Crippen LogP contribution in [-0.2, 0) is 11.8 Å². The van der Waals surface area contributed by atoms with Gasteiger partial charge in [-0.2, -0.15) is 5.10 Å². The minimum Gasteiger partial charge on any atom is -0.368 e. The zero-order valence-corrected chi connectivity index (χ0v) is 11.5. The summed E-state index contributed by atoms with van der Waals surface area (Å²) in [5.41, 5.74) is 1.69. The second kappa shape index (κ2) is 5.09. The number of hydrogen-bond acceptors (Lipinski definition) is 4. The molecule has 20 heavy (non-hydrogen) atoms. The lowest BCUT2D eigenvalue weighted by atomic mass is 10.1. The molecule has 0 spiro atoms. The SMILES string of the molecule is Cc1ccc(C(=O)N[C@H]2CCO[C@H]2c2ncn[nH]2)n1C. The fourth-order valence-corrected chi connectivity index (χ4v) is 2.44. The second-order valence-electron chi connectivity index (χ2n) is 4.95. The lowest BCUT2D eigenvalue weighted by molar-refractivity contribution is 0.0786. The Morgan fingerprint density at radius 1 is 1.55 bits per heavy atom. The number of rotatable bonds is 3. The monoisotopic (exact) mass is 275 g/mol. The maximum Gasteiger partial charge on any atom is 0.268 e. The molecule has 2 N–H and O–H groups in total. The van der Waals surface area contributed by atoms with Crippen molar-refractivity contribution in [3.63, 3.8) is 0 Å². The van der Waals surface area contributed by atoms with Gasteiger partial charge in [0, 0.05) is 19.3 Å². The van der Waals surface area contributed by atoms with Gasteiger partial charge in [0.1, 0.15) is 18.1 Å². The first-order valence-electron chi connectivity index (χ1n) is 6.57. The van der Waals surface area contributed by atoms with Gasteiger partial charge in [0.05, 0.1) is 6.04 Å². The standard InChI is InChI=1S/C13H17N5O2/c1-8-3-4-10(18(8)2)13(19)16-9-5-6-20-11(9)12-14-7-15-17-12/h3-4,7,9,11H,5-6H2,1-2H3,(H,16,19)(H,14,15,17)/t9-,11+/m0/s1. The fourth-order valence-electron chi connectivity index (χ4n) is 2.44. The largest absolute Gasteiger partial charge is 0.368 e. The summed E-state index contributed by atoms with van der Waals surface area (Å²) in [7, 11) is 1.88. The van der Waals surface area contributed by atoms with E-state index < -0.39 is 0 Å². The van der Waals surface area contributed by atoms with Crippen molar-refractivity contribution in [3.05, 3.63) is 35.7 Å². The summed E-state index contributed by atoms with van der Waals surface area (Å²) >= 11 is 0. The van der Waals surface area contributed by atoms with Crippen LogP contribution in [-0.4, -0.2) is 38.3 Å². The number of ether oxygens (including phenoxy) is 1. The topological polar surface area (TPSA) is 84.8 Å². The molecule has 0 aliphatic carbocycles. The molecule has 2 atom stereocenters. The maximum atomic E-state index is 12.3. The third-order valence-corrected chi connectivity index (χ3v) is 3.72. The van der Waals surface area contributed by atoms with Gasteiger partial charge >= 0.3 is 0 Å². The van der Waals surface area contributed by atoms with E-state index in [2.05, 4.69) is 20.5 Å². The van der Waals surface area contributed by atoms with Crippen LogP contribution in [0, 0.1) is 6.92 Å². The van der Waals surface area contributed by atoms with Crippen molar-refractivity contribution >= 4 is 5.91 Å². The Morgan fingerprint density at radius 2 is 2.40 bits per heavy atom. The number of nitrogens with one attached hydrogen (secondary N) is 2. The first-order chi connectivity index (χ1) is 9.66. The van der Waals surface area contributed by atoms with Crippen LogP contribution < -0.4 is 5.32 Å². The minimum atomic E-state index is -0.261. The van der Waals surface area contributed by atoms with Crippen molar-refractivity contribution in [2.24, 2.45) is 7.05 Å². The van der Waals surface area contributed by atoms with Gasteiger partial charge in [-0.15, -0.1) is 0 Å². The number of carbonyl (C=O) groups excluding carboxylic acids is 1. The molecule has 3 rings (SSSR count). The normalized spacial score (nSPS) is 22.1. The van der Waals surface area contributed by atoms with Crippen LogP contribution in [0.2, 0.25) is 0 Å². The van der Waals surface area contributed by atoms with E-state index >= 15 is 0 Å². The molecule has 1 fully saturated rings. The molecule has 3 heterocycles. The Morgan fingerprint density at radius 3 is 3.05 bits per heavy atom. The zero-order chi connectivity index (χ0) is 14.1. The molecule has 0 bridgehead atoms. The summed E-state index contributed by atoms with van der Waals surface area (Å²) in [4.78, 5) is 16.4. The van der Waals surface area contributed by atoms with Crippen LogP contribution in [0.25, 0.3) is 0 Å². The van der Waals surface area contributed by atoms with E-state index in [1.54, 1.807) is 0 Å². The average molecular weight is 275 g/mol. The highest BCUT2D eigenvalue weighted by Gasteiger charge is 2.33. The van der Waals surface area contributed by atoms with E-state index in [0.717, 1.165) is 12.1 Å². The van der Waals surface area contributed by atoms with Gasteiger partial charge in [-0.05, 0) is 25.5 Å². The van der Waals surface area contributed by atoms with Gasteiger partial charge in [0.25, 0.3) is 5.91 Å². The number of amides is 1. The van der Waals surface area contributed by atoms with Crippen LogP contribution >= 0.6 is 0 Å². The quantitative estimate of drug-likeness (QED) is 0.864. The van der Waals surface area contributed by atoms with Crippen LogP contribution in [0.1, 0.15) is 34.5 Å². The lowest BCUT2D eigenvalue weighted by Crippen LogP contribution is -2.38. The Balaban J connectivity index is 1.74. The Labute approximate surface area is 116 Å². The number of aryl methyl sites for hydroxylation is 1. The van der Waals surface area contributed by atoms with Crippen molar-refractivity contribution < 1.29 is 9.53 Å². The summed E-state index contributed by atoms with van der Waals surface area (Å²) in [6.45, 7) is 2.56. The molecule has 2 aromatic heterocycles. The van der Waals surface area contributed by atoms with Gasteiger partial charge in [-0.25, -0.2) is 4.98 Å². The summed E-state index contributed by atoms with van der Waals surface area (Å²) in [6.07, 6.45) is 1.94. The molecule has 0 saturated carbocycles. The van der Waals surface area contributed by atoms with E-state index in [9.17, 15) is 4.79 Å². The van der Waals surface area contributed by atoms with Crippen molar-refractivity contribution in [1.82, 2.24) is 25.1 Å². The number of carbonyl (C=O) groups is 1. The molecule has 106 valence electrons. The molecule has 1 aliphatic rings. The van der Waals surface area contributed by atoms with Crippen molar-refractivity contribution in [2.75, 3.05) is 6.61 Å². The molecular weight excluding hydrogens is 258 g/mol. The van der Waals surface area contributed by atoms with Crippen molar-refractivity contribution in [2.45, 2.75) is 25.5 Å². The van der Waals surface area contributed by atoms with E-state index in [4.69, 9.17) is 4.74 Å². The van der Waals surface area contributed by atoms with Gasteiger partial charge in [-0.3, -0.25) is 9.89 Å². The van der Waals surface area contributed by atoms with Gasteiger partial charge in [-0.1, -0.05) is 0 Å². The van der Waals surface area contributed by atoms with E-state index in [0.29, 0.717) is 18.1 Å². The molecule has 7 heteroatoms. The predicted octanol–water partition coefficient (Wildman–Crippen LogP) is 0.712. The van der Waals surface area contributed by atoms with Crippen LogP contribution in [0.15, 0.2) is 18.5 Å². The molecule has 1 aliphatic heterocycles. The van der Waals surface area contributed by atoms with E-state index in [1.807, 2.05) is 30.7 Å². The highest BCUT2D eigenvalue weighted by molar-refractivity contribution is 5.93. The first kappa shape index (κ1) is 12.9. The molecule has 0 radical (unpaired) electrons. The third-order valence-electron chi connectivity index (χ3n) is 3.72.